The Morgan fingerprint density at radius 3 is 2.53 bits per heavy atom. The summed E-state index contributed by atoms with van der Waals surface area (Å²) in [5.74, 6) is -0.659. The van der Waals surface area contributed by atoms with Gasteiger partial charge in [-0.25, -0.2) is 0 Å². The van der Waals surface area contributed by atoms with Crippen molar-refractivity contribution in [1.82, 2.24) is 10.2 Å². The molecule has 2 heterocycles. The standard InChI is InChI=1S/C11H17N3O2S/c1-3-11(9(15)16)4-6-14(7-5-11)10-13-12-8(2)17-10/h3-7H2,1-2H3,(H,15,16). The van der Waals surface area contributed by atoms with Crippen molar-refractivity contribution in [3.8, 4) is 0 Å². The molecule has 0 unspecified atom stereocenters. The lowest BCUT2D eigenvalue weighted by molar-refractivity contribution is -0.150. The highest BCUT2D eigenvalue weighted by Crippen LogP contribution is 2.37. The molecule has 1 aromatic rings. The maximum atomic E-state index is 11.3. The lowest BCUT2D eigenvalue weighted by Gasteiger charge is -2.37. The number of carboxylic acid groups (broad SMARTS) is 1. The Balaban J connectivity index is 2.05. The van der Waals surface area contributed by atoms with Crippen LogP contribution in [0.15, 0.2) is 0 Å². The van der Waals surface area contributed by atoms with Crippen molar-refractivity contribution in [2.45, 2.75) is 33.1 Å². The molecule has 0 radical (unpaired) electrons. The number of hydrogen-bond acceptors (Lipinski definition) is 5. The minimum absolute atomic E-state index is 0.532. The van der Waals surface area contributed by atoms with Gasteiger partial charge in [-0.3, -0.25) is 4.79 Å². The monoisotopic (exact) mass is 255 g/mol. The fraction of sp³-hybridized carbons (Fsp3) is 0.727. The third-order valence-electron chi connectivity index (χ3n) is 3.64. The van der Waals surface area contributed by atoms with E-state index in [1.54, 1.807) is 11.3 Å². The van der Waals surface area contributed by atoms with Gasteiger partial charge < -0.3 is 10.0 Å². The second kappa shape index (κ2) is 4.60. The van der Waals surface area contributed by atoms with E-state index in [9.17, 15) is 9.90 Å². The highest BCUT2D eigenvalue weighted by Gasteiger charge is 2.40. The Bertz CT molecular complexity index is 411. The molecule has 0 aliphatic carbocycles. The van der Waals surface area contributed by atoms with E-state index >= 15 is 0 Å². The van der Waals surface area contributed by atoms with Gasteiger partial charge in [-0.2, -0.15) is 0 Å². The van der Waals surface area contributed by atoms with Crippen molar-refractivity contribution < 1.29 is 9.90 Å². The van der Waals surface area contributed by atoms with Gasteiger partial charge in [0.2, 0.25) is 5.13 Å². The molecule has 0 spiro atoms. The fourth-order valence-corrected chi connectivity index (χ4v) is 3.00. The zero-order valence-corrected chi connectivity index (χ0v) is 11.0. The van der Waals surface area contributed by atoms with E-state index in [4.69, 9.17) is 0 Å². The second-order valence-corrected chi connectivity index (χ2v) is 5.69. The van der Waals surface area contributed by atoms with E-state index in [1.165, 1.54) is 0 Å². The zero-order chi connectivity index (χ0) is 12.5. The van der Waals surface area contributed by atoms with Gasteiger partial charge >= 0.3 is 5.97 Å². The molecule has 1 N–H and O–H groups in total. The Morgan fingerprint density at radius 2 is 2.12 bits per heavy atom. The number of rotatable bonds is 3. The third kappa shape index (κ3) is 2.26. The van der Waals surface area contributed by atoms with E-state index in [-0.39, 0.29) is 0 Å². The van der Waals surface area contributed by atoms with Gasteiger partial charge in [-0.15, -0.1) is 10.2 Å². The van der Waals surface area contributed by atoms with Crippen LogP contribution >= 0.6 is 11.3 Å². The molecule has 1 saturated heterocycles. The number of aromatic nitrogens is 2. The number of carboxylic acids is 1. The molecule has 0 saturated carbocycles. The van der Waals surface area contributed by atoms with Crippen molar-refractivity contribution in [3.05, 3.63) is 5.01 Å². The number of aliphatic carboxylic acids is 1. The Hall–Kier alpha value is -1.17. The lowest BCUT2D eigenvalue weighted by atomic mass is 9.76. The van der Waals surface area contributed by atoms with Crippen LogP contribution in [0.3, 0.4) is 0 Å². The normalized spacial score (nSPS) is 19.3. The smallest absolute Gasteiger partial charge is 0.309 e. The van der Waals surface area contributed by atoms with E-state index in [2.05, 4.69) is 15.1 Å². The molecule has 5 nitrogen and oxygen atoms in total. The average Bonchev–Trinajstić information content (AvgIpc) is 2.76. The molecule has 6 heteroatoms. The molecular weight excluding hydrogens is 238 g/mol. The topological polar surface area (TPSA) is 66.3 Å². The minimum atomic E-state index is -0.659. The van der Waals surface area contributed by atoms with E-state index in [0.717, 1.165) is 23.2 Å². The SMILES string of the molecule is CCC1(C(=O)O)CCN(c2nnc(C)s2)CC1. The molecule has 1 aliphatic heterocycles. The summed E-state index contributed by atoms with van der Waals surface area (Å²) < 4.78 is 0. The summed E-state index contributed by atoms with van der Waals surface area (Å²) in [6, 6.07) is 0. The first-order valence-electron chi connectivity index (χ1n) is 5.86. The van der Waals surface area contributed by atoms with Gasteiger partial charge in [-0.1, -0.05) is 18.3 Å². The van der Waals surface area contributed by atoms with E-state index < -0.39 is 11.4 Å². The largest absolute Gasteiger partial charge is 0.481 e. The van der Waals surface area contributed by atoms with Crippen molar-refractivity contribution in [2.24, 2.45) is 5.41 Å². The van der Waals surface area contributed by atoms with Crippen LogP contribution < -0.4 is 4.90 Å². The van der Waals surface area contributed by atoms with E-state index in [0.29, 0.717) is 19.3 Å². The zero-order valence-electron chi connectivity index (χ0n) is 10.1. The summed E-state index contributed by atoms with van der Waals surface area (Å²) in [6.07, 6.45) is 2.08. The summed E-state index contributed by atoms with van der Waals surface area (Å²) in [7, 11) is 0. The number of aryl methyl sites for hydroxylation is 1. The van der Waals surface area contributed by atoms with Gasteiger partial charge in [0.15, 0.2) is 0 Å². The van der Waals surface area contributed by atoms with Crippen molar-refractivity contribution >= 4 is 22.4 Å². The first kappa shape index (κ1) is 12.3. The van der Waals surface area contributed by atoms with Crippen LogP contribution in [-0.4, -0.2) is 34.4 Å². The highest BCUT2D eigenvalue weighted by atomic mass is 32.1. The van der Waals surface area contributed by atoms with Crippen molar-refractivity contribution in [2.75, 3.05) is 18.0 Å². The number of nitrogens with zero attached hydrogens (tertiary/aromatic N) is 3. The summed E-state index contributed by atoms with van der Waals surface area (Å²) in [5, 5.41) is 19.3. The number of hydrogen-bond donors (Lipinski definition) is 1. The first-order chi connectivity index (χ1) is 8.07. The van der Waals surface area contributed by atoms with Crippen molar-refractivity contribution in [1.29, 1.82) is 0 Å². The van der Waals surface area contributed by atoms with Crippen LogP contribution in [0.4, 0.5) is 5.13 Å². The minimum Gasteiger partial charge on any atom is -0.481 e. The van der Waals surface area contributed by atoms with Gasteiger partial charge in [0.1, 0.15) is 5.01 Å². The van der Waals surface area contributed by atoms with Crippen LogP contribution in [0.1, 0.15) is 31.2 Å². The Kier molecular flexibility index (Phi) is 3.33. The quantitative estimate of drug-likeness (QED) is 0.894. The molecule has 1 fully saturated rings. The molecular formula is C11H17N3O2S. The number of piperidine rings is 1. The predicted octanol–water partition coefficient (Wildman–Crippen LogP) is 1.93. The van der Waals surface area contributed by atoms with Gasteiger partial charge in [0.05, 0.1) is 5.41 Å². The van der Waals surface area contributed by atoms with Gasteiger partial charge in [0, 0.05) is 13.1 Å². The number of anilines is 1. The van der Waals surface area contributed by atoms with Crippen LogP contribution in [-0.2, 0) is 4.79 Å². The molecule has 2 rings (SSSR count). The summed E-state index contributed by atoms with van der Waals surface area (Å²) in [4.78, 5) is 13.5. The van der Waals surface area contributed by atoms with Crippen LogP contribution in [0.5, 0.6) is 0 Å². The summed E-state index contributed by atoms with van der Waals surface area (Å²) in [5.41, 5.74) is -0.532. The first-order valence-corrected chi connectivity index (χ1v) is 6.67. The number of carbonyl (C=O) groups is 1. The molecule has 17 heavy (non-hydrogen) atoms. The third-order valence-corrected chi connectivity index (χ3v) is 4.54. The Morgan fingerprint density at radius 1 is 1.47 bits per heavy atom. The molecule has 0 bridgehead atoms. The maximum Gasteiger partial charge on any atom is 0.309 e. The van der Waals surface area contributed by atoms with Crippen LogP contribution in [0.25, 0.3) is 0 Å². The summed E-state index contributed by atoms with van der Waals surface area (Å²) in [6.45, 7) is 5.40. The Labute approximate surface area is 104 Å². The van der Waals surface area contributed by atoms with Crippen molar-refractivity contribution in [3.63, 3.8) is 0 Å². The second-order valence-electron chi connectivity index (χ2n) is 4.53. The molecule has 0 amide bonds. The maximum absolute atomic E-state index is 11.3. The van der Waals surface area contributed by atoms with Gasteiger partial charge in [-0.05, 0) is 26.2 Å². The molecule has 94 valence electrons. The van der Waals surface area contributed by atoms with Gasteiger partial charge in [0.25, 0.3) is 0 Å². The predicted molar refractivity (Wildman–Crippen MR) is 66.5 cm³/mol. The lowest BCUT2D eigenvalue weighted by Crippen LogP contribution is -2.44. The van der Waals surface area contributed by atoms with E-state index in [1.807, 2.05) is 13.8 Å². The highest BCUT2D eigenvalue weighted by molar-refractivity contribution is 7.15. The molecule has 0 atom stereocenters. The fourth-order valence-electron chi connectivity index (χ4n) is 2.26. The average molecular weight is 255 g/mol. The molecule has 1 aromatic heterocycles. The summed E-state index contributed by atoms with van der Waals surface area (Å²) >= 11 is 1.57. The molecule has 0 aromatic carbocycles. The molecule has 1 aliphatic rings. The van der Waals surface area contributed by atoms with Crippen LogP contribution in [0, 0.1) is 12.3 Å². The van der Waals surface area contributed by atoms with Crippen LogP contribution in [0.2, 0.25) is 0 Å².